The Labute approximate surface area is 123 Å². The molecular formula is C13H19ClN4O2. The molecule has 1 aromatic heterocycles. The minimum Gasteiger partial charge on any atom is -0.444 e. The first-order valence-corrected chi connectivity index (χ1v) is 6.93. The van der Waals surface area contributed by atoms with Gasteiger partial charge in [0.25, 0.3) is 0 Å². The van der Waals surface area contributed by atoms with Gasteiger partial charge < -0.3 is 15.0 Å². The van der Waals surface area contributed by atoms with Crippen LogP contribution in [0.5, 0.6) is 0 Å². The van der Waals surface area contributed by atoms with Crippen molar-refractivity contribution in [2.24, 2.45) is 0 Å². The number of amides is 1. The van der Waals surface area contributed by atoms with Crippen LogP contribution in [-0.2, 0) is 4.74 Å². The van der Waals surface area contributed by atoms with Crippen LogP contribution in [0.4, 0.5) is 10.6 Å². The molecule has 0 bridgehead atoms. The van der Waals surface area contributed by atoms with E-state index in [9.17, 15) is 4.79 Å². The summed E-state index contributed by atoms with van der Waals surface area (Å²) in [5.74, 6) is 0.619. The van der Waals surface area contributed by atoms with E-state index in [0.29, 0.717) is 24.1 Å². The molecule has 110 valence electrons. The highest BCUT2D eigenvalue weighted by Gasteiger charge is 2.29. The number of carbonyl (C=O) groups excluding carboxylic acids is 1. The molecule has 1 aliphatic heterocycles. The van der Waals surface area contributed by atoms with Crippen LogP contribution in [0.15, 0.2) is 12.4 Å². The fourth-order valence-electron chi connectivity index (χ4n) is 1.99. The molecule has 0 aliphatic carbocycles. The number of hydrogen-bond acceptors (Lipinski definition) is 5. The van der Waals surface area contributed by atoms with Gasteiger partial charge in [-0.25, -0.2) is 9.78 Å². The second kappa shape index (κ2) is 5.83. The number of rotatable bonds is 2. The summed E-state index contributed by atoms with van der Waals surface area (Å²) < 4.78 is 5.35. The summed E-state index contributed by atoms with van der Waals surface area (Å²) in [5.41, 5.74) is -0.471. The van der Waals surface area contributed by atoms with E-state index in [-0.39, 0.29) is 12.1 Å². The molecule has 1 aliphatic rings. The number of halogens is 1. The summed E-state index contributed by atoms with van der Waals surface area (Å²) in [5, 5.41) is 3.57. The van der Waals surface area contributed by atoms with Gasteiger partial charge in [-0.15, -0.1) is 0 Å². The molecule has 0 unspecified atom stereocenters. The molecule has 2 heterocycles. The van der Waals surface area contributed by atoms with Crippen molar-refractivity contribution in [3.8, 4) is 0 Å². The molecule has 1 aromatic rings. The normalized spacial score (nSPS) is 19.0. The highest BCUT2D eigenvalue weighted by Crippen LogP contribution is 2.18. The van der Waals surface area contributed by atoms with Crippen molar-refractivity contribution in [1.82, 2.24) is 14.9 Å². The van der Waals surface area contributed by atoms with Crippen LogP contribution in [0.2, 0.25) is 5.15 Å². The van der Waals surface area contributed by atoms with Crippen molar-refractivity contribution in [3.63, 3.8) is 0 Å². The Morgan fingerprint density at radius 3 is 2.90 bits per heavy atom. The van der Waals surface area contributed by atoms with Crippen molar-refractivity contribution in [1.29, 1.82) is 0 Å². The number of ether oxygens (including phenoxy) is 1. The maximum absolute atomic E-state index is 11.9. The van der Waals surface area contributed by atoms with E-state index in [1.807, 2.05) is 20.8 Å². The maximum atomic E-state index is 11.9. The Balaban J connectivity index is 1.88. The van der Waals surface area contributed by atoms with Gasteiger partial charge in [-0.2, -0.15) is 0 Å². The Morgan fingerprint density at radius 1 is 1.50 bits per heavy atom. The van der Waals surface area contributed by atoms with Crippen molar-refractivity contribution in [2.75, 3.05) is 18.4 Å². The molecule has 1 fully saturated rings. The van der Waals surface area contributed by atoms with E-state index in [0.717, 1.165) is 6.42 Å². The van der Waals surface area contributed by atoms with Gasteiger partial charge in [0.15, 0.2) is 0 Å². The molecule has 0 aromatic carbocycles. The standard InChI is InChI=1S/C13H19ClN4O2/c1-13(2,3)20-12(19)18-5-4-9(8-18)16-11-7-15-6-10(14)17-11/h6-7,9H,4-5,8H2,1-3H3,(H,16,17)/t9-/m0/s1. The number of likely N-dealkylation sites (tertiary alicyclic amines) is 1. The summed E-state index contributed by atoms with van der Waals surface area (Å²) in [6, 6.07) is 0.135. The van der Waals surface area contributed by atoms with E-state index in [1.165, 1.54) is 6.20 Å². The highest BCUT2D eigenvalue weighted by molar-refractivity contribution is 6.29. The third-order valence-corrected chi connectivity index (χ3v) is 2.98. The fraction of sp³-hybridized carbons (Fsp3) is 0.615. The SMILES string of the molecule is CC(C)(C)OC(=O)N1CC[C@H](Nc2cncc(Cl)n2)C1. The average Bonchev–Trinajstić information content (AvgIpc) is 2.75. The van der Waals surface area contributed by atoms with Crippen LogP contribution in [0.1, 0.15) is 27.2 Å². The second-order valence-corrected chi connectivity index (χ2v) is 6.17. The molecule has 2 rings (SSSR count). The Bertz CT molecular complexity index is 490. The van der Waals surface area contributed by atoms with Gasteiger partial charge in [-0.05, 0) is 27.2 Å². The first-order valence-electron chi connectivity index (χ1n) is 6.55. The molecule has 20 heavy (non-hydrogen) atoms. The van der Waals surface area contributed by atoms with Crippen LogP contribution in [0.3, 0.4) is 0 Å². The molecule has 0 saturated carbocycles. The molecule has 1 N–H and O–H groups in total. The molecule has 6 nitrogen and oxygen atoms in total. The average molecular weight is 299 g/mol. The largest absolute Gasteiger partial charge is 0.444 e. The molecule has 1 saturated heterocycles. The lowest BCUT2D eigenvalue weighted by Crippen LogP contribution is -2.36. The molecule has 0 radical (unpaired) electrons. The first kappa shape index (κ1) is 14.8. The third kappa shape index (κ3) is 4.23. The number of carbonyl (C=O) groups is 1. The van der Waals surface area contributed by atoms with Crippen LogP contribution < -0.4 is 5.32 Å². The van der Waals surface area contributed by atoms with Gasteiger partial charge in [0.1, 0.15) is 16.6 Å². The maximum Gasteiger partial charge on any atom is 0.410 e. The zero-order valence-electron chi connectivity index (χ0n) is 11.9. The summed E-state index contributed by atoms with van der Waals surface area (Å²) in [6.45, 7) is 6.83. The predicted octanol–water partition coefficient (Wildman–Crippen LogP) is 2.55. The van der Waals surface area contributed by atoms with Crippen LogP contribution >= 0.6 is 11.6 Å². The Hall–Kier alpha value is -1.56. The monoisotopic (exact) mass is 298 g/mol. The summed E-state index contributed by atoms with van der Waals surface area (Å²) >= 11 is 5.78. The van der Waals surface area contributed by atoms with Crippen LogP contribution in [0.25, 0.3) is 0 Å². The molecule has 0 spiro atoms. The topological polar surface area (TPSA) is 67.3 Å². The summed E-state index contributed by atoms with van der Waals surface area (Å²) in [4.78, 5) is 21.7. The number of nitrogens with zero attached hydrogens (tertiary/aromatic N) is 3. The molecule has 1 atom stereocenters. The Kier molecular flexibility index (Phi) is 4.32. The number of anilines is 1. The van der Waals surface area contributed by atoms with E-state index >= 15 is 0 Å². The third-order valence-electron chi connectivity index (χ3n) is 2.80. The van der Waals surface area contributed by atoms with Gasteiger partial charge in [-0.1, -0.05) is 11.6 Å². The van der Waals surface area contributed by atoms with Gasteiger partial charge in [0.05, 0.1) is 12.4 Å². The summed E-state index contributed by atoms with van der Waals surface area (Å²) in [7, 11) is 0. The van der Waals surface area contributed by atoms with E-state index in [4.69, 9.17) is 16.3 Å². The first-order chi connectivity index (χ1) is 9.33. The zero-order chi connectivity index (χ0) is 14.8. The van der Waals surface area contributed by atoms with Crippen molar-refractivity contribution >= 4 is 23.5 Å². The van der Waals surface area contributed by atoms with Crippen molar-refractivity contribution < 1.29 is 9.53 Å². The van der Waals surface area contributed by atoms with Gasteiger partial charge in [-0.3, -0.25) is 4.98 Å². The second-order valence-electron chi connectivity index (χ2n) is 5.78. The van der Waals surface area contributed by atoms with E-state index in [2.05, 4.69) is 15.3 Å². The molecule has 7 heteroatoms. The van der Waals surface area contributed by atoms with Gasteiger partial charge in [0, 0.05) is 19.1 Å². The fourth-order valence-corrected chi connectivity index (χ4v) is 2.14. The zero-order valence-corrected chi connectivity index (χ0v) is 12.6. The van der Waals surface area contributed by atoms with Crippen molar-refractivity contribution in [2.45, 2.75) is 38.8 Å². The van der Waals surface area contributed by atoms with Gasteiger partial charge in [0.2, 0.25) is 0 Å². The lowest BCUT2D eigenvalue weighted by Gasteiger charge is -2.24. The van der Waals surface area contributed by atoms with Gasteiger partial charge >= 0.3 is 6.09 Å². The van der Waals surface area contributed by atoms with Crippen LogP contribution in [0, 0.1) is 0 Å². The lowest BCUT2D eigenvalue weighted by molar-refractivity contribution is 0.0293. The smallest absolute Gasteiger partial charge is 0.410 e. The quantitative estimate of drug-likeness (QED) is 0.909. The minimum atomic E-state index is -0.471. The highest BCUT2D eigenvalue weighted by atomic mass is 35.5. The number of aromatic nitrogens is 2. The van der Waals surface area contributed by atoms with E-state index < -0.39 is 5.60 Å². The molecular weight excluding hydrogens is 280 g/mol. The number of hydrogen-bond donors (Lipinski definition) is 1. The van der Waals surface area contributed by atoms with Crippen molar-refractivity contribution in [3.05, 3.63) is 17.5 Å². The van der Waals surface area contributed by atoms with E-state index in [1.54, 1.807) is 11.1 Å². The number of nitrogens with one attached hydrogen (secondary N) is 1. The predicted molar refractivity (Wildman–Crippen MR) is 76.9 cm³/mol. The minimum absolute atomic E-state index is 0.135. The summed E-state index contributed by atoms with van der Waals surface area (Å²) in [6.07, 6.45) is 3.66. The molecule has 1 amide bonds. The Morgan fingerprint density at radius 2 is 2.25 bits per heavy atom. The lowest BCUT2D eigenvalue weighted by atomic mass is 10.2. The van der Waals surface area contributed by atoms with Crippen LogP contribution in [-0.4, -0.2) is 45.7 Å².